The number of benzene rings is 1. The molecule has 0 spiro atoms. The van der Waals surface area contributed by atoms with E-state index < -0.39 is 7.60 Å². The van der Waals surface area contributed by atoms with E-state index in [4.69, 9.17) is 9.79 Å². The molecule has 0 aliphatic heterocycles. The summed E-state index contributed by atoms with van der Waals surface area (Å²) in [6.45, 7) is 0.578. The fraction of sp³-hybridized carbons (Fsp3) is 0.333. The molecule has 0 saturated carbocycles. The lowest BCUT2D eigenvalue weighted by Crippen LogP contribution is -2.18. The number of hydrogen-bond acceptors (Lipinski definition) is 2. The molecule has 0 fully saturated rings. The van der Waals surface area contributed by atoms with E-state index in [-0.39, 0.29) is 6.29 Å². The van der Waals surface area contributed by atoms with Gasteiger partial charge in [0.05, 0.1) is 6.29 Å². The molecule has 0 amide bonds. The molecule has 0 bridgehead atoms. The molecule has 0 aromatic heterocycles. The Morgan fingerprint density at radius 3 is 2.43 bits per heavy atom. The molecule has 1 rings (SSSR count). The number of hydrogen-bond donors (Lipinski definition) is 3. The molecule has 0 unspecified atom stereocenters. The summed E-state index contributed by atoms with van der Waals surface area (Å²) in [4.78, 5) is 17.1. The van der Waals surface area contributed by atoms with Gasteiger partial charge in [0.15, 0.2) is 0 Å². The summed E-state index contributed by atoms with van der Waals surface area (Å²) < 4.78 is 10.5. The van der Waals surface area contributed by atoms with Gasteiger partial charge in [-0.2, -0.15) is 0 Å². The first-order chi connectivity index (χ1) is 6.58. The van der Waals surface area contributed by atoms with Crippen molar-refractivity contribution in [2.24, 2.45) is 0 Å². The molecule has 0 heterocycles. The Bertz CT molecular complexity index is 309. The van der Waals surface area contributed by atoms with Crippen LogP contribution in [0.4, 0.5) is 0 Å². The van der Waals surface area contributed by atoms with Crippen LogP contribution in [-0.2, 0) is 11.0 Å². The van der Waals surface area contributed by atoms with Gasteiger partial charge in [-0.3, -0.25) is 4.57 Å². The van der Waals surface area contributed by atoms with Gasteiger partial charge in [0.1, 0.15) is 0 Å². The van der Waals surface area contributed by atoms with Crippen LogP contribution in [0.25, 0.3) is 0 Å². The molecule has 3 N–H and O–H groups in total. The predicted octanol–water partition coefficient (Wildman–Crippen LogP) is 0.954. The van der Waals surface area contributed by atoms with Crippen molar-refractivity contribution in [3.63, 3.8) is 0 Å². The van der Waals surface area contributed by atoms with E-state index >= 15 is 0 Å². The van der Waals surface area contributed by atoms with Crippen molar-refractivity contribution in [2.75, 3.05) is 12.8 Å². The molecule has 1 aromatic carbocycles. The molecule has 14 heavy (non-hydrogen) atoms. The standard InChI is InChI=1S/C9H14NO3P/c11-14(12,13)8-10-7-6-9-4-2-1-3-5-9/h1-5,10H,6-8H2,(H2,11,12,13). The second-order valence-corrected chi connectivity index (χ2v) is 4.70. The van der Waals surface area contributed by atoms with Gasteiger partial charge < -0.3 is 15.1 Å². The summed E-state index contributed by atoms with van der Waals surface area (Å²) in [5, 5.41) is 2.71. The first-order valence-electron chi connectivity index (χ1n) is 4.37. The van der Waals surface area contributed by atoms with Gasteiger partial charge in [0.25, 0.3) is 0 Å². The van der Waals surface area contributed by atoms with E-state index in [1.807, 2.05) is 30.3 Å². The van der Waals surface area contributed by atoms with Gasteiger partial charge >= 0.3 is 7.60 Å². The summed E-state index contributed by atoms with van der Waals surface area (Å²) >= 11 is 0. The Hall–Kier alpha value is -0.670. The van der Waals surface area contributed by atoms with Crippen molar-refractivity contribution in [1.29, 1.82) is 0 Å². The lowest BCUT2D eigenvalue weighted by atomic mass is 10.2. The summed E-state index contributed by atoms with van der Waals surface area (Å²) in [5.41, 5.74) is 1.16. The topological polar surface area (TPSA) is 69.6 Å². The van der Waals surface area contributed by atoms with Crippen molar-refractivity contribution in [2.45, 2.75) is 6.42 Å². The van der Waals surface area contributed by atoms with Crippen molar-refractivity contribution in [3.8, 4) is 0 Å². The second kappa shape index (κ2) is 5.27. The quantitative estimate of drug-likeness (QED) is 0.505. The smallest absolute Gasteiger partial charge is 0.324 e. The first-order valence-corrected chi connectivity index (χ1v) is 6.17. The fourth-order valence-corrected chi connectivity index (χ4v) is 1.55. The summed E-state index contributed by atoms with van der Waals surface area (Å²) in [6.07, 6.45) is 0.528. The summed E-state index contributed by atoms with van der Waals surface area (Å²) in [7, 11) is -3.90. The van der Waals surface area contributed by atoms with E-state index in [0.29, 0.717) is 6.54 Å². The number of rotatable bonds is 5. The normalized spacial score (nSPS) is 11.6. The highest BCUT2D eigenvalue weighted by Gasteiger charge is 2.10. The molecule has 0 atom stereocenters. The molecule has 0 saturated heterocycles. The molecular formula is C9H14NO3P. The minimum absolute atomic E-state index is 0.250. The van der Waals surface area contributed by atoms with Crippen LogP contribution in [0.5, 0.6) is 0 Å². The SMILES string of the molecule is O=P(O)(O)CNCCc1ccccc1. The largest absolute Gasteiger partial charge is 0.339 e. The molecular weight excluding hydrogens is 201 g/mol. The monoisotopic (exact) mass is 215 g/mol. The lowest BCUT2D eigenvalue weighted by molar-refractivity contribution is 0.368. The lowest BCUT2D eigenvalue weighted by Gasteiger charge is -2.05. The zero-order valence-electron chi connectivity index (χ0n) is 7.76. The molecule has 5 heteroatoms. The zero-order valence-corrected chi connectivity index (χ0v) is 8.65. The van der Waals surface area contributed by atoms with E-state index in [0.717, 1.165) is 12.0 Å². The Balaban J connectivity index is 2.20. The van der Waals surface area contributed by atoms with Crippen molar-refractivity contribution < 1.29 is 14.4 Å². The molecule has 1 aromatic rings. The van der Waals surface area contributed by atoms with Crippen molar-refractivity contribution >= 4 is 7.60 Å². The van der Waals surface area contributed by atoms with E-state index in [2.05, 4.69) is 5.32 Å². The Morgan fingerprint density at radius 1 is 1.21 bits per heavy atom. The Labute approximate surface area is 83.1 Å². The highest BCUT2D eigenvalue weighted by atomic mass is 31.2. The summed E-state index contributed by atoms with van der Waals surface area (Å²) in [6, 6.07) is 9.79. The van der Waals surface area contributed by atoms with Crippen LogP contribution in [0.2, 0.25) is 0 Å². The van der Waals surface area contributed by atoms with Crippen LogP contribution in [0.15, 0.2) is 30.3 Å². The third kappa shape index (κ3) is 5.14. The molecule has 0 aliphatic carbocycles. The van der Waals surface area contributed by atoms with Crippen LogP contribution < -0.4 is 5.32 Å². The maximum atomic E-state index is 10.5. The average Bonchev–Trinajstić information content (AvgIpc) is 2.13. The molecule has 0 aliphatic rings. The fourth-order valence-electron chi connectivity index (χ4n) is 1.10. The van der Waals surface area contributed by atoms with Crippen LogP contribution in [0.1, 0.15) is 5.56 Å². The van der Waals surface area contributed by atoms with Crippen LogP contribution in [0.3, 0.4) is 0 Å². The number of nitrogens with one attached hydrogen (secondary N) is 1. The molecule has 78 valence electrons. The average molecular weight is 215 g/mol. The van der Waals surface area contributed by atoms with Gasteiger partial charge in [-0.05, 0) is 18.5 Å². The third-order valence-electron chi connectivity index (χ3n) is 1.75. The second-order valence-electron chi connectivity index (χ2n) is 3.06. The Kier molecular flexibility index (Phi) is 4.29. The van der Waals surface area contributed by atoms with E-state index in [9.17, 15) is 4.57 Å². The minimum atomic E-state index is -3.90. The maximum Gasteiger partial charge on any atom is 0.339 e. The van der Waals surface area contributed by atoms with E-state index in [1.54, 1.807) is 0 Å². The predicted molar refractivity (Wildman–Crippen MR) is 55.1 cm³/mol. The van der Waals surface area contributed by atoms with Gasteiger partial charge in [-0.1, -0.05) is 30.3 Å². The van der Waals surface area contributed by atoms with Crippen molar-refractivity contribution in [1.82, 2.24) is 5.32 Å². The highest BCUT2D eigenvalue weighted by Crippen LogP contribution is 2.31. The van der Waals surface area contributed by atoms with Gasteiger partial charge in [0.2, 0.25) is 0 Å². The van der Waals surface area contributed by atoms with Crippen molar-refractivity contribution in [3.05, 3.63) is 35.9 Å². The van der Waals surface area contributed by atoms with Gasteiger partial charge in [-0.15, -0.1) is 0 Å². The maximum absolute atomic E-state index is 10.5. The summed E-state index contributed by atoms with van der Waals surface area (Å²) in [5.74, 6) is 0. The molecule has 0 radical (unpaired) electrons. The zero-order chi connectivity index (χ0) is 10.4. The van der Waals surface area contributed by atoms with Gasteiger partial charge in [0, 0.05) is 0 Å². The van der Waals surface area contributed by atoms with E-state index in [1.165, 1.54) is 0 Å². The third-order valence-corrected chi connectivity index (χ3v) is 2.39. The van der Waals surface area contributed by atoms with Crippen LogP contribution in [-0.4, -0.2) is 22.6 Å². The molecule has 4 nitrogen and oxygen atoms in total. The Morgan fingerprint density at radius 2 is 1.86 bits per heavy atom. The van der Waals surface area contributed by atoms with Crippen LogP contribution in [0, 0.1) is 0 Å². The van der Waals surface area contributed by atoms with Crippen LogP contribution >= 0.6 is 7.60 Å². The minimum Gasteiger partial charge on any atom is -0.324 e. The highest BCUT2D eigenvalue weighted by molar-refractivity contribution is 7.51. The van der Waals surface area contributed by atoms with Gasteiger partial charge in [-0.25, -0.2) is 0 Å². The first kappa shape index (κ1) is 11.4.